The summed E-state index contributed by atoms with van der Waals surface area (Å²) in [6.07, 6.45) is 6.79. The summed E-state index contributed by atoms with van der Waals surface area (Å²) in [5.41, 5.74) is 3.79. The van der Waals surface area contributed by atoms with Crippen LogP contribution in [0.3, 0.4) is 0 Å². The number of aliphatic carboxylic acids is 1. The molecule has 0 aromatic heterocycles. The maximum absolute atomic E-state index is 10.5. The average molecular weight is 280 g/mol. The molecule has 2 rings (SSSR count). The Hall–Kier alpha value is -2.35. The van der Waals surface area contributed by atoms with Crippen molar-refractivity contribution in [2.24, 2.45) is 0 Å². The summed E-state index contributed by atoms with van der Waals surface area (Å²) in [5, 5.41) is 8.61. The van der Waals surface area contributed by atoms with Crippen LogP contribution in [0.2, 0.25) is 0 Å². The van der Waals surface area contributed by atoms with Gasteiger partial charge in [-0.25, -0.2) is 0 Å². The van der Waals surface area contributed by atoms with Crippen molar-refractivity contribution in [3.05, 3.63) is 77.4 Å². The minimum Gasteiger partial charge on any atom is -0.481 e. The highest BCUT2D eigenvalue weighted by Crippen LogP contribution is 2.16. The van der Waals surface area contributed by atoms with Crippen LogP contribution in [0.4, 0.5) is 0 Å². The number of benzene rings is 2. The molecule has 0 saturated heterocycles. The third kappa shape index (κ3) is 5.27. The van der Waals surface area contributed by atoms with Crippen molar-refractivity contribution in [2.75, 3.05) is 0 Å². The molecule has 0 aliphatic rings. The van der Waals surface area contributed by atoms with Gasteiger partial charge in [-0.1, -0.05) is 66.7 Å². The number of unbranched alkanes of at least 4 members (excludes halogenated alkanes) is 1. The molecule has 21 heavy (non-hydrogen) atoms. The molecular formula is C19H20O2. The van der Waals surface area contributed by atoms with Gasteiger partial charge in [0.2, 0.25) is 0 Å². The van der Waals surface area contributed by atoms with E-state index >= 15 is 0 Å². The summed E-state index contributed by atoms with van der Waals surface area (Å²) in [7, 11) is 0. The van der Waals surface area contributed by atoms with Crippen molar-refractivity contribution in [1.29, 1.82) is 0 Å². The van der Waals surface area contributed by atoms with Crippen molar-refractivity contribution in [3.8, 4) is 0 Å². The van der Waals surface area contributed by atoms with E-state index in [1.165, 1.54) is 16.7 Å². The summed E-state index contributed by atoms with van der Waals surface area (Å²) >= 11 is 0. The number of carbonyl (C=O) groups is 1. The van der Waals surface area contributed by atoms with Gasteiger partial charge in [-0.2, -0.15) is 0 Å². The van der Waals surface area contributed by atoms with Crippen LogP contribution in [0.5, 0.6) is 0 Å². The molecule has 2 aromatic carbocycles. The summed E-state index contributed by atoms with van der Waals surface area (Å²) < 4.78 is 0. The molecule has 0 saturated carbocycles. The molecule has 0 aliphatic heterocycles. The molecule has 0 amide bonds. The Labute approximate surface area is 125 Å². The van der Waals surface area contributed by atoms with Crippen molar-refractivity contribution < 1.29 is 9.90 Å². The lowest BCUT2D eigenvalue weighted by atomic mass is 9.99. The minimum atomic E-state index is -0.729. The van der Waals surface area contributed by atoms with Gasteiger partial charge in [-0.15, -0.1) is 0 Å². The molecule has 0 heterocycles. The van der Waals surface area contributed by atoms with E-state index < -0.39 is 5.97 Å². The fourth-order valence-corrected chi connectivity index (χ4v) is 2.25. The van der Waals surface area contributed by atoms with E-state index in [2.05, 4.69) is 54.6 Å². The first-order valence-electron chi connectivity index (χ1n) is 7.26. The first-order chi connectivity index (χ1) is 10.3. The van der Waals surface area contributed by atoms with Crippen molar-refractivity contribution in [2.45, 2.75) is 25.7 Å². The molecule has 0 bridgehead atoms. The van der Waals surface area contributed by atoms with E-state index in [0.29, 0.717) is 6.42 Å². The molecule has 0 unspecified atom stereocenters. The lowest BCUT2D eigenvalue weighted by molar-refractivity contribution is -0.137. The number of rotatable bonds is 7. The lowest BCUT2D eigenvalue weighted by Crippen LogP contribution is -1.93. The molecule has 108 valence electrons. The predicted molar refractivity (Wildman–Crippen MR) is 86.2 cm³/mol. The van der Waals surface area contributed by atoms with Gasteiger partial charge in [0.05, 0.1) is 0 Å². The minimum absolute atomic E-state index is 0.232. The molecular weight excluding hydrogens is 260 g/mol. The third-order valence-electron chi connectivity index (χ3n) is 3.35. The van der Waals surface area contributed by atoms with Gasteiger partial charge in [-0.3, -0.25) is 4.79 Å². The maximum atomic E-state index is 10.5. The molecule has 2 aromatic rings. The standard InChI is InChI=1S/C19H20O2/c20-19(21)14-6-2-5-11-17-12-7-8-13-18(17)15-16-9-3-1-4-10-16/h1,3-5,7-13H,2,6,14-15H2,(H,20,21)/b11-5+. The van der Waals surface area contributed by atoms with Gasteiger partial charge >= 0.3 is 5.97 Å². The van der Waals surface area contributed by atoms with Crippen LogP contribution < -0.4 is 0 Å². The Bertz CT molecular complexity index is 600. The highest BCUT2D eigenvalue weighted by Gasteiger charge is 2.00. The van der Waals surface area contributed by atoms with Gasteiger partial charge in [0.15, 0.2) is 0 Å². The Morgan fingerprint density at radius 2 is 1.71 bits per heavy atom. The molecule has 2 nitrogen and oxygen atoms in total. The van der Waals surface area contributed by atoms with Crippen LogP contribution in [-0.4, -0.2) is 11.1 Å². The lowest BCUT2D eigenvalue weighted by Gasteiger charge is -2.06. The second-order valence-electron chi connectivity index (χ2n) is 5.05. The quantitative estimate of drug-likeness (QED) is 0.756. The van der Waals surface area contributed by atoms with E-state index in [9.17, 15) is 4.79 Å². The smallest absolute Gasteiger partial charge is 0.303 e. The zero-order valence-electron chi connectivity index (χ0n) is 12.0. The first kappa shape index (κ1) is 15.0. The van der Waals surface area contributed by atoms with Gasteiger partial charge in [0.25, 0.3) is 0 Å². The number of carboxylic acid groups (broad SMARTS) is 1. The normalized spacial score (nSPS) is 10.9. The monoisotopic (exact) mass is 280 g/mol. The number of hydrogen-bond acceptors (Lipinski definition) is 1. The molecule has 2 heteroatoms. The predicted octanol–water partition coefficient (Wildman–Crippen LogP) is 4.55. The molecule has 0 fully saturated rings. The van der Waals surface area contributed by atoms with Crippen LogP contribution in [0, 0.1) is 0 Å². The SMILES string of the molecule is O=C(O)CCC/C=C/c1ccccc1Cc1ccccc1. The molecule has 1 N–H and O–H groups in total. The van der Waals surface area contributed by atoms with Gasteiger partial charge in [0.1, 0.15) is 0 Å². The van der Waals surface area contributed by atoms with Crippen LogP contribution in [0.15, 0.2) is 60.7 Å². The molecule has 0 atom stereocenters. The zero-order chi connectivity index (χ0) is 14.9. The van der Waals surface area contributed by atoms with Gasteiger partial charge in [0, 0.05) is 6.42 Å². The summed E-state index contributed by atoms with van der Waals surface area (Å²) in [6, 6.07) is 18.7. The van der Waals surface area contributed by atoms with Crippen molar-refractivity contribution >= 4 is 12.0 Å². The summed E-state index contributed by atoms with van der Waals surface area (Å²) in [4.78, 5) is 10.5. The van der Waals surface area contributed by atoms with Crippen molar-refractivity contribution in [1.82, 2.24) is 0 Å². The Balaban J connectivity index is 2.00. The van der Waals surface area contributed by atoms with E-state index in [-0.39, 0.29) is 6.42 Å². The maximum Gasteiger partial charge on any atom is 0.303 e. The second-order valence-corrected chi connectivity index (χ2v) is 5.05. The summed E-state index contributed by atoms with van der Waals surface area (Å²) in [5.74, 6) is -0.729. The van der Waals surface area contributed by atoms with Gasteiger partial charge in [-0.05, 0) is 36.0 Å². The average Bonchev–Trinajstić information content (AvgIpc) is 2.49. The zero-order valence-corrected chi connectivity index (χ0v) is 12.0. The molecule has 0 aliphatic carbocycles. The van der Waals surface area contributed by atoms with Crippen LogP contribution in [-0.2, 0) is 11.2 Å². The highest BCUT2D eigenvalue weighted by molar-refractivity contribution is 5.66. The fraction of sp³-hybridized carbons (Fsp3) is 0.211. The highest BCUT2D eigenvalue weighted by atomic mass is 16.4. The fourth-order valence-electron chi connectivity index (χ4n) is 2.25. The second kappa shape index (κ2) is 8.05. The van der Waals surface area contributed by atoms with E-state index in [1.807, 2.05) is 12.1 Å². The van der Waals surface area contributed by atoms with E-state index in [1.54, 1.807) is 0 Å². The molecule has 0 spiro atoms. The molecule has 0 radical (unpaired) electrons. The summed E-state index contributed by atoms with van der Waals surface area (Å²) in [6.45, 7) is 0. The Morgan fingerprint density at radius 1 is 1.00 bits per heavy atom. The Kier molecular flexibility index (Phi) is 5.77. The first-order valence-corrected chi connectivity index (χ1v) is 7.26. The topological polar surface area (TPSA) is 37.3 Å². The van der Waals surface area contributed by atoms with Gasteiger partial charge < -0.3 is 5.11 Å². The number of hydrogen-bond donors (Lipinski definition) is 1. The van der Waals surface area contributed by atoms with E-state index in [0.717, 1.165) is 12.8 Å². The Morgan fingerprint density at radius 3 is 2.48 bits per heavy atom. The van der Waals surface area contributed by atoms with Crippen LogP contribution in [0.25, 0.3) is 6.08 Å². The van der Waals surface area contributed by atoms with Crippen LogP contribution in [0.1, 0.15) is 36.0 Å². The number of allylic oxidation sites excluding steroid dienone is 1. The number of carboxylic acids is 1. The van der Waals surface area contributed by atoms with Crippen LogP contribution >= 0.6 is 0 Å². The third-order valence-corrected chi connectivity index (χ3v) is 3.35. The largest absolute Gasteiger partial charge is 0.481 e. The van der Waals surface area contributed by atoms with E-state index in [4.69, 9.17) is 5.11 Å². The van der Waals surface area contributed by atoms with Crippen molar-refractivity contribution in [3.63, 3.8) is 0 Å².